The molecule has 3 aromatic rings. The standard InChI is InChI=1S/C20H18F3N5OS/c21-20(22,23)16-6-7-24-18(28-16)27-12-3-1-2-11(8-12)14-10-25-17(30-14)19(29)9-13-4-5-15(19)26-13/h1-3,6-8,10,13,15,26,29H,4-5,9H2,(H,24,27,28). The van der Waals surface area contributed by atoms with E-state index in [-0.39, 0.29) is 12.0 Å². The van der Waals surface area contributed by atoms with Gasteiger partial charge >= 0.3 is 6.18 Å². The monoisotopic (exact) mass is 433 g/mol. The van der Waals surface area contributed by atoms with Gasteiger partial charge in [-0.05, 0) is 43.0 Å². The molecular weight excluding hydrogens is 415 g/mol. The summed E-state index contributed by atoms with van der Waals surface area (Å²) in [5, 5.41) is 18.1. The van der Waals surface area contributed by atoms with Gasteiger partial charge in [0.15, 0.2) is 0 Å². The maximum Gasteiger partial charge on any atom is 0.433 e. The molecule has 3 unspecified atom stereocenters. The van der Waals surface area contributed by atoms with Crippen LogP contribution in [0.3, 0.4) is 0 Å². The van der Waals surface area contributed by atoms with Crippen molar-refractivity contribution < 1.29 is 18.3 Å². The van der Waals surface area contributed by atoms with Gasteiger partial charge in [-0.2, -0.15) is 13.2 Å². The van der Waals surface area contributed by atoms with Crippen LogP contribution in [0.4, 0.5) is 24.8 Å². The number of aromatic nitrogens is 3. The fraction of sp³-hybridized carbons (Fsp3) is 0.350. The fourth-order valence-electron chi connectivity index (χ4n) is 4.17. The Labute approximate surface area is 174 Å². The third kappa shape index (κ3) is 3.44. The molecule has 0 spiro atoms. The molecule has 10 heteroatoms. The number of aliphatic hydroxyl groups is 1. The first-order valence-corrected chi connectivity index (χ1v) is 10.4. The van der Waals surface area contributed by atoms with Crippen LogP contribution in [-0.4, -0.2) is 32.1 Å². The molecule has 2 aliphatic rings. The van der Waals surface area contributed by atoms with Crippen LogP contribution in [0.2, 0.25) is 0 Å². The van der Waals surface area contributed by atoms with Crippen molar-refractivity contribution in [2.75, 3.05) is 5.32 Å². The molecule has 156 valence electrons. The molecule has 5 rings (SSSR count). The predicted molar refractivity (Wildman–Crippen MR) is 106 cm³/mol. The van der Waals surface area contributed by atoms with Crippen LogP contribution in [0, 0.1) is 0 Å². The summed E-state index contributed by atoms with van der Waals surface area (Å²) in [5.74, 6) is -0.130. The van der Waals surface area contributed by atoms with E-state index in [9.17, 15) is 18.3 Å². The Morgan fingerprint density at radius 2 is 2.07 bits per heavy atom. The number of hydrogen-bond acceptors (Lipinski definition) is 7. The summed E-state index contributed by atoms with van der Waals surface area (Å²) in [5.41, 5.74) is -0.540. The van der Waals surface area contributed by atoms with Crippen LogP contribution >= 0.6 is 11.3 Å². The largest absolute Gasteiger partial charge is 0.433 e. The lowest BCUT2D eigenvalue weighted by atomic mass is 9.85. The highest BCUT2D eigenvalue weighted by Crippen LogP contribution is 2.45. The summed E-state index contributed by atoms with van der Waals surface area (Å²) in [6, 6.07) is 8.40. The summed E-state index contributed by atoms with van der Waals surface area (Å²) in [4.78, 5) is 12.7. The zero-order valence-electron chi connectivity index (χ0n) is 15.6. The second-order valence-corrected chi connectivity index (χ2v) is 8.65. The van der Waals surface area contributed by atoms with Gasteiger partial charge in [0.1, 0.15) is 16.3 Å². The van der Waals surface area contributed by atoms with Gasteiger partial charge in [-0.25, -0.2) is 15.0 Å². The Morgan fingerprint density at radius 3 is 2.80 bits per heavy atom. The van der Waals surface area contributed by atoms with Crippen molar-refractivity contribution in [1.82, 2.24) is 20.3 Å². The van der Waals surface area contributed by atoms with Gasteiger partial charge in [0.05, 0.1) is 4.88 Å². The molecule has 2 bridgehead atoms. The summed E-state index contributed by atoms with van der Waals surface area (Å²) in [6.07, 6.45) is 0.947. The number of nitrogens with one attached hydrogen (secondary N) is 2. The minimum absolute atomic E-state index is 0.0348. The summed E-state index contributed by atoms with van der Waals surface area (Å²) >= 11 is 1.43. The third-order valence-corrected chi connectivity index (χ3v) is 6.81. The number of thiazole rings is 1. The van der Waals surface area contributed by atoms with E-state index in [0.29, 0.717) is 23.2 Å². The molecule has 0 amide bonds. The summed E-state index contributed by atoms with van der Waals surface area (Å²) < 4.78 is 38.6. The van der Waals surface area contributed by atoms with E-state index in [0.717, 1.165) is 35.5 Å². The third-order valence-electron chi connectivity index (χ3n) is 5.60. The molecular formula is C20H18F3N5OS. The number of fused-ring (bicyclic) bond motifs is 2. The van der Waals surface area contributed by atoms with Gasteiger partial charge in [0.2, 0.25) is 5.95 Å². The molecule has 30 heavy (non-hydrogen) atoms. The Bertz CT molecular complexity index is 1090. The Kier molecular flexibility index (Phi) is 4.53. The molecule has 2 aliphatic heterocycles. The maximum absolute atomic E-state index is 12.9. The Hall–Kier alpha value is -2.56. The van der Waals surface area contributed by atoms with E-state index in [1.165, 1.54) is 11.3 Å². The minimum Gasteiger partial charge on any atom is -0.381 e. The van der Waals surface area contributed by atoms with Crippen LogP contribution in [0.25, 0.3) is 10.4 Å². The quantitative estimate of drug-likeness (QED) is 0.575. The second-order valence-electron chi connectivity index (χ2n) is 7.62. The fourth-order valence-corrected chi connectivity index (χ4v) is 5.24. The van der Waals surface area contributed by atoms with Gasteiger partial charge in [0.25, 0.3) is 0 Å². The number of benzene rings is 1. The Morgan fingerprint density at radius 1 is 1.20 bits per heavy atom. The van der Waals surface area contributed by atoms with E-state index < -0.39 is 17.5 Å². The highest BCUT2D eigenvalue weighted by atomic mass is 32.1. The molecule has 2 fully saturated rings. The van der Waals surface area contributed by atoms with Crippen molar-refractivity contribution in [2.45, 2.75) is 43.1 Å². The van der Waals surface area contributed by atoms with E-state index in [1.54, 1.807) is 24.4 Å². The molecule has 4 heterocycles. The molecule has 3 atom stereocenters. The highest BCUT2D eigenvalue weighted by molar-refractivity contribution is 7.15. The lowest BCUT2D eigenvalue weighted by Crippen LogP contribution is -2.38. The zero-order valence-corrected chi connectivity index (χ0v) is 16.5. The van der Waals surface area contributed by atoms with Gasteiger partial charge in [0, 0.05) is 30.2 Å². The minimum atomic E-state index is -4.53. The zero-order chi connectivity index (χ0) is 20.9. The van der Waals surface area contributed by atoms with Crippen LogP contribution in [0.15, 0.2) is 42.7 Å². The number of rotatable bonds is 4. The smallest absolute Gasteiger partial charge is 0.381 e. The predicted octanol–water partition coefficient (Wildman–Crippen LogP) is 4.07. The van der Waals surface area contributed by atoms with Crippen molar-refractivity contribution in [1.29, 1.82) is 0 Å². The van der Waals surface area contributed by atoms with Gasteiger partial charge in [-0.1, -0.05) is 12.1 Å². The van der Waals surface area contributed by atoms with Crippen molar-refractivity contribution in [3.63, 3.8) is 0 Å². The van der Waals surface area contributed by atoms with Crippen molar-refractivity contribution in [3.8, 4) is 10.4 Å². The first kappa shape index (κ1) is 19.4. The van der Waals surface area contributed by atoms with Gasteiger partial charge in [-0.15, -0.1) is 11.3 Å². The molecule has 3 N–H and O–H groups in total. The average molecular weight is 433 g/mol. The maximum atomic E-state index is 12.9. The number of alkyl halides is 3. The molecule has 0 radical (unpaired) electrons. The number of anilines is 2. The highest BCUT2D eigenvalue weighted by Gasteiger charge is 2.52. The normalized spacial score (nSPS) is 25.6. The topological polar surface area (TPSA) is 83.0 Å². The van der Waals surface area contributed by atoms with Crippen molar-refractivity contribution >= 4 is 23.0 Å². The first-order valence-electron chi connectivity index (χ1n) is 9.54. The lowest BCUT2D eigenvalue weighted by Gasteiger charge is -2.28. The van der Waals surface area contributed by atoms with E-state index in [1.807, 2.05) is 6.07 Å². The average Bonchev–Trinajstić information content (AvgIpc) is 3.44. The SMILES string of the molecule is OC1(c2ncc(-c3cccc(Nc4nccc(C(F)(F)F)n4)c3)s2)CC2CCC1N2. The molecule has 2 saturated heterocycles. The molecule has 0 aliphatic carbocycles. The van der Waals surface area contributed by atoms with Crippen LogP contribution < -0.4 is 10.6 Å². The van der Waals surface area contributed by atoms with E-state index in [4.69, 9.17) is 0 Å². The molecule has 1 aromatic carbocycles. The number of nitrogens with zero attached hydrogens (tertiary/aromatic N) is 3. The number of halogens is 3. The van der Waals surface area contributed by atoms with E-state index in [2.05, 4.69) is 25.6 Å². The molecule has 2 aromatic heterocycles. The number of hydrogen-bond donors (Lipinski definition) is 3. The van der Waals surface area contributed by atoms with Crippen molar-refractivity contribution in [2.24, 2.45) is 0 Å². The lowest BCUT2D eigenvalue weighted by molar-refractivity contribution is -0.141. The van der Waals surface area contributed by atoms with Crippen LogP contribution in [-0.2, 0) is 11.8 Å². The van der Waals surface area contributed by atoms with E-state index >= 15 is 0 Å². The summed E-state index contributed by atoms with van der Waals surface area (Å²) in [6.45, 7) is 0. The molecule has 0 saturated carbocycles. The molecule has 6 nitrogen and oxygen atoms in total. The summed E-state index contributed by atoms with van der Waals surface area (Å²) in [7, 11) is 0. The van der Waals surface area contributed by atoms with Crippen molar-refractivity contribution in [3.05, 3.63) is 53.4 Å². The second kappa shape index (κ2) is 7.00. The van der Waals surface area contributed by atoms with Gasteiger partial charge in [-0.3, -0.25) is 0 Å². The first-order chi connectivity index (χ1) is 14.3. The van der Waals surface area contributed by atoms with Crippen LogP contribution in [0.1, 0.15) is 30.0 Å². The van der Waals surface area contributed by atoms with Gasteiger partial charge < -0.3 is 15.7 Å². The Balaban J connectivity index is 1.38. The van der Waals surface area contributed by atoms with Crippen LogP contribution in [0.5, 0.6) is 0 Å².